The Balaban J connectivity index is 2.45. The van der Waals surface area contributed by atoms with Crippen molar-refractivity contribution in [3.05, 3.63) is 0 Å². The van der Waals surface area contributed by atoms with Gasteiger partial charge in [0.1, 0.15) is 0 Å². The molecule has 1 rings (SSSR count). The van der Waals surface area contributed by atoms with Gasteiger partial charge in [-0.1, -0.05) is 0 Å². The average molecular weight is 182 g/mol. The minimum absolute atomic E-state index is 0.395. The van der Waals surface area contributed by atoms with Crippen molar-refractivity contribution in [2.45, 2.75) is 18.6 Å². The number of rotatable bonds is 1. The predicted octanol–water partition coefficient (Wildman–Crippen LogP) is 0.0268. The van der Waals surface area contributed by atoms with Gasteiger partial charge in [-0.25, -0.2) is 0 Å². The molecule has 1 saturated heterocycles. The van der Waals surface area contributed by atoms with E-state index < -0.39 is 24.5 Å². The van der Waals surface area contributed by atoms with E-state index in [0.29, 0.717) is 13.1 Å². The van der Waals surface area contributed by atoms with Crippen molar-refractivity contribution in [3.8, 4) is 0 Å². The molecule has 0 spiro atoms. The molecule has 2 N–H and O–H groups in total. The van der Waals surface area contributed by atoms with E-state index >= 15 is 0 Å². The van der Waals surface area contributed by atoms with Crippen LogP contribution in [-0.4, -0.2) is 31.2 Å². The van der Waals surface area contributed by atoms with Crippen LogP contribution in [0.1, 0.15) is 6.42 Å². The lowest BCUT2D eigenvalue weighted by atomic mass is 10.1. The van der Waals surface area contributed by atoms with Gasteiger partial charge >= 0.3 is 6.18 Å². The van der Waals surface area contributed by atoms with Crippen LogP contribution in [0.25, 0.3) is 0 Å². The summed E-state index contributed by atoms with van der Waals surface area (Å²) in [5.74, 6) is -0.571. The van der Waals surface area contributed by atoms with E-state index in [1.54, 1.807) is 0 Å². The van der Waals surface area contributed by atoms with Crippen molar-refractivity contribution in [1.82, 2.24) is 10.6 Å². The molecule has 0 aromatic heterocycles. The first-order valence-electron chi connectivity index (χ1n) is 3.57. The monoisotopic (exact) mass is 182 g/mol. The van der Waals surface area contributed by atoms with Crippen molar-refractivity contribution < 1.29 is 18.0 Å². The lowest BCUT2D eigenvalue weighted by Crippen LogP contribution is -2.54. The summed E-state index contributed by atoms with van der Waals surface area (Å²) in [6, 6.07) is -1.11. The molecule has 1 amide bonds. The molecular weight excluding hydrogens is 173 g/mol. The summed E-state index contributed by atoms with van der Waals surface area (Å²) in [4.78, 5) is 10.8. The number of nitrogens with one attached hydrogen (secondary N) is 2. The summed E-state index contributed by atoms with van der Waals surface area (Å²) in [5, 5.41) is 4.85. The van der Waals surface area contributed by atoms with Gasteiger partial charge in [0.05, 0.1) is 12.5 Å². The van der Waals surface area contributed by atoms with Gasteiger partial charge in [0.15, 0.2) is 0 Å². The number of alkyl halides is 3. The van der Waals surface area contributed by atoms with Crippen LogP contribution >= 0.6 is 0 Å². The van der Waals surface area contributed by atoms with E-state index in [1.165, 1.54) is 0 Å². The van der Waals surface area contributed by atoms with Crippen LogP contribution in [0, 0.1) is 0 Å². The third-order valence-electron chi connectivity index (χ3n) is 1.57. The molecule has 0 bridgehead atoms. The van der Waals surface area contributed by atoms with Gasteiger partial charge < -0.3 is 10.6 Å². The first-order chi connectivity index (χ1) is 5.49. The van der Waals surface area contributed by atoms with Crippen LogP contribution in [0.15, 0.2) is 0 Å². The van der Waals surface area contributed by atoms with E-state index in [1.807, 2.05) is 0 Å². The Morgan fingerprint density at radius 3 is 2.58 bits per heavy atom. The molecule has 0 aromatic carbocycles. The number of carbonyl (C=O) groups excluding carboxylic acids is 1. The highest BCUT2D eigenvalue weighted by Gasteiger charge is 2.36. The topological polar surface area (TPSA) is 41.1 Å². The maximum atomic E-state index is 11.8. The Bertz CT molecular complexity index is 180. The van der Waals surface area contributed by atoms with Gasteiger partial charge in [-0.3, -0.25) is 4.79 Å². The van der Waals surface area contributed by atoms with Gasteiger partial charge in [0, 0.05) is 13.1 Å². The molecule has 6 heteroatoms. The second kappa shape index (κ2) is 3.30. The number of piperazine rings is 1. The highest BCUT2D eigenvalue weighted by molar-refractivity contribution is 5.82. The van der Waals surface area contributed by atoms with Crippen molar-refractivity contribution in [2.24, 2.45) is 0 Å². The Morgan fingerprint density at radius 1 is 1.42 bits per heavy atom. The van der Waals surface area contributed by atoms with Crippen molar-refractivity contribution in [1.29, 1.82) is 0 Å². The normalized spacial score (nSPS) is 25.2. The van der Waals surface area contributed by atoms with Crippen LogP contribution in [0.3, 0.4) is 0 Å². The number of hydrogen-bond acceptors (Lipinski definition) is 2. The summed E-state index contributed by atoms with van der Waals surface area (Å²) in [6.07, 6.45) is -5.38. The Hall–Kier alpha value is -0.780. The number of hydrogen-bond donors (Lipinski definition) is 2. The summed E-state index contributed by atoms with van der Waals surface area (Å²) in [7, 11) is 0. The lowest BCUT2D eigenvalue weighted by Gasteiger charge is -2.24. The van der Waals surface area contributed by atoms with Gasteiger partial charge in [0.25, 0.3) is 0 Å². The van der Waals surface area contributed by atoms with Crippen LogP contribution < -0.4 is 10.6 Å². The molecule has 1 fully saturated rings. The number of halogens is 3. The van der Waals surface area contributed by atoms with Gasteiger partial charge in [-0.05, 0) is 0 Å². The standard InChI is InChI=1S/C6H9F3N2O/c7-6(8,9)3-4-5(12)11-2-1-10-4/h4,10H,1-3H2,(H,11,12). The summed E-state index contributed by atoms with van der Waals surface area (Å²) in [5.41, 5.74) is 0. The van der Waals surface area contributed by atoms with E-state index in [4.69, 9.17) is 0 Å². The number of amides is 1. The fourth-order valence-electron chi connectivity index (χ4n) is 1.04. The highest BCUT2D eigenvalue weighted by atomic mass is 19.4. The maximum absolute atomic E-state index is 11.8. The minimum Gasteiger partial charge on any atom is -0.353 e. The first-order valence-corrected chi connectivity index (χ1v) is 3.57. The van der Waals surface area contributed by atoms with Crippen molar-refractivity contribution >= 4 is 5.91 Å². The lowest BCUT2D eigenvalue weighted by molar-refractivity contribution is -0.150. The molecule has 3 nitrogen and oxygen atoms in total. The SMILES string of the molecule is O=C1NCCNC1CC(F)(F)F. The van der Waals surface area contributed by atoms with Crippen LogP contribution in [0.5, 0.6) is 0 Å². The number of carbonyl (C=O) groups is 1. The third-order valence-corrected chi connectivity index (χ3v) is 1.57. The molecule has 1 aliphatic heterocycles. The van der Waals surface area contributed by atoms with Gasteiger partial charge in [-0.2, -0.15) is 13.2 Å². The largest absolute Gasteiger partial charge is 0.391 e. The summed E-state index contributed by atoms with van der Waals surface area (Å²) in [6.45, 7) is 0.791. The Labute approximate surface area is 67.3 Å². The first kappa shape index (κ1) is 9.31. The van der Waals surface area contributed by atoms with E-state index in [9.17, 15) is 18.0 Å². The zero-order chi connectivity index (χ0) is 9.19. The fraction of sp³-hybridized carbons (Fsp3) is 0.833. The quantitative estimate of drug-likeness (QED) is 0.600. The van der Waals surface area contributed by atoms with E-state index in [0.717, 1.165) is 0 Å². The third kappa shape index (κ3) is 2.69. The smallest absolute Gasteiger partial charge is 0.353 e. The molecule has 1 aliphatic rings. The highest BCUT2D eigenvalue weighted by Crippen LogP contribution is 2.21. The van der Waals surface area contributed by atoms with Crippen LogP contribution in [0.4, 0.5) is 13.2 Å². The van der Waals surface area contributed by atoms with Gasteiger partial charge in [0.2, 0.25) is 5.91 Å². The second-order valence-electron chi connectivity index (χ2n) is 2.62. The van der Waals surface area contributed by atoms with Crippen molar-refractivity contribution in [2.75, 3.05) is 13.1 Å². The Morgan fingerprint density at radius 2 is 2.08 bits per heavy atom. The van der Waals surface area contributed by atoms with E-state index in [2.05, 4.69) is 10.6 Å². The summed E-state index contributed by atoms with van der Waals surface area (Å²) < 4.78 is 35.4. The predicted molar refractivity (Wildman–Crippen MR) is 35.5 cm³/mol. The molecule has 1 atom stereocenters. The molecule has 0 saturated carbocycles. The second-order valence-corrected chi connectivity index (χ2v) is 2.62. The molecule has 0 radical (unpaired) electrons. The Kier molecular flexibility index (Phi) is 2.56. The van der Waals surface area contributed by atoms with Crippen LogP contribution in [0.2, 0.25) is 0 Å². The molecule has 1 heterocycles. The molecule has 70 valence electrons. The zero-order valence-corrected chi connectivity index (χ0v) is 6.24. The molecule has 0 aliphatic carbocycles. The molecular formula is C6H9F3N2O. The fourth-order valence-corrected chi connectivity index (χ4v) is 1.04. The molecule has 1 unspecified atom stereocenters. The van der Waals surface area contributed by atoms with Crippen molar-refractivity contribution in [3.63, 3.8) is 0 Å². The maximum Gasteiger partial charge on any atom is 0.391 e. The van der Waals surface area contributed by atoms with E-state index in [-0.39, 0.29) is 0 Å². The molecule has 0 aromatic rings. The van der Waals surface area contributed by atoms with Crippen LogP contribution in [-0.2, 0) is 4.79 Å². The minimum atomic E-state index is -4.29. The summed E-state index contributed by atoms with van der Waals surface area (Å²) >= 11 is 0. The zero-order valence-electron chi connectivity index (χ0n) is 6.24. The molecule has 12 heavy (non-hydrogen) atoms. The average Bonchev–Trinajstić information content (AvgIpc) is 1.91. The van der Waals surface area contributed by atoms with Gasteiger partial charge in [-0.15, -0.1) is 0 Å².